The van der Waals surface area contributed by atoms with Crippen molar-refractivity contribution in [2.75, 3.05) is 18.0 Å². The molecule has 33 heavy (non-hydrogen) atoms. The summed E-state index contributed by atoms with van der Waals surface area (Å²) in [6.45, 7) is 2.31. The summed E-state index contributed by atoms with van der Waals surface area (Å²) < 4.78 is 5.69. The van der Waals surface area contributed by atoms with E-state index >= 15 is 0 Å². The minimum Gasteiger partial charge on any atom is -0.479 e. The van der Waals surface area contributed by atoms with E-state index < -0.39 is 6.10 Å². The summed E-state index contributed by atoms with van der Waals surface area (Å²) >= 11 is 0. The van der Waals surface area contributed by atoms with Crippen LogP contribution < -0.4 is 15.0 Å². The normalized spacial score (nSPS) is 24.4. The molecule has 5 heteroatoms. The quantitative estimate of drug-likeness (QED) is 0.664. The third-order valence-corrected chi connectivity index (χ3v) is 7.36. The second-order valence-corrected chi connectivity index (χ2v) is 9.24. The molecule has 5 nitrogen and oxygen atoms in total. The number of benzene rings is 3. The Morgan fingerprint density at radius 3 is 2.24 bits per heavy atom. The lowest BCUT2D eigenvalue weighted by molar-refractivity contribution is -0.128. The number of rotatable bonds is 4. The molecule has 3 aromatic rings. The first-order valence-corrected chi connectivity index (χ1v) is 11.6. The lowest BCUT2D eigenvalue weighted by atomic mass is 9.59. The molecule has 3 aromatic carbocycles. The third kappa shape index (κ3) is 3.22. The van der Waals surface area contributed by atoms with Crippen molar-refractivity contribution in [1.29, 1.82) is 0 Å². The number of carbonyl (C=O) groups excluding carboxylic acids is 2. The molecule has 3 aliphatic carbocycles. The number of fused-ring (bicyclic) bond motifs is 2. The molecule has 1 heterocycles. The van der Waals surface area contributed by atoms with Crippen LogP contribution in [0.4, 0.5) is 5.69 Å². The van der Waals surface area contributed by atoms with E-state index in [1.165, 1.54) is 27.2 Å². The van der Waals surface area contributed by atoms with Crippen LogP contribution in [0.15, 0.2) is 72.8 Å². The molecule has 166 valence electrons. The molecule has 7 rings (SSSR count). The highest BCUT2D eigenvalue weighted by Gasteiger charge is 2.43. The molecular weight excluding hydrogens is 412 g/mol. The van der Waals surface area contributed by atoms with Gasteiger partial charge in [0.05, 0.1) is 5.69 Å². The van der Waals surface area contributed by atoms with Gasteiger partial charge in [0.2, 0.25) is 5.91 Å². The maximum Gasteiger partial charge on any atom is 0.268 e. The molecule has 0 radical (unpaired) electrons. The van der Waals surface area contributed by atoms with Gasteiger partial charge in [0.25, 0.3) is 5.91 Å². The Kier molecular flexibility index (Phi) is 4.72. The molecular formula is C28H26N2O3. The molecule has 0 spiro atoms. The molecule has 0 fully saturated rings. The third-order valence-electron chi connectivity index (χ3n) is 7.36. The molecule has 2 amide bonds. The van der Waals surface area contributed by atoms with Crippen LogP contribution >= 0.6 is 0 Å². The van der Waals surface area contributed by atoms with E-state index in [0.717, 1.165) is 6.42 Å². The van der Waals surface area contributed by atoms with Crippen molar-refractivity contribution in [3.63, 3.8) is 0 Å². The van der Waals surface area contributed by atoms with E-state index in [-0.39, 0.29) is 24.3 Å². The van der Waals surface area contributed by atoms with Crippen LogP contribution in [0.25, 0.3) is 0 Å². The zero-order valence-electron chi connectivity index (χ0n) is 18.5. The largest absolute Gasteiger partial charge is 0.479 e. The van der Waals surface area contributed by atoms with Crippen LogP contribution in [-0.2, 0) is 9.59 Å². The smallest absolute Gasteiger partial charge is 0.268 e. The van der Waals surface area contributed by atoms with Crippen LogP contribution in [0.5, 0.6) is 5.75 Å². The zero-order chi connectivity index (χ0) is 22.5. The highest BCUT2D eigenvalue weighted by Crippen LogP contribution is 2.55. The number of amides is 2. The predicted molar refractivity (Wildman–Crippen MR) is 127 cm³/mol. The van der Waals surface area contributed by atoms with Crippen LogP contribution in [0.2, 0.25) is 0 Å². The average molecular weight is 439 g/mol. The molecule has 2 atom stereocenters. The Morgan fingerprint density at radius 2 is 1.55 bits per heavy atom. The van der Waals surface area contributed by atoms with E-state index in [0.29, 0.717) is 29.8 Å². The number of anilines is 1. The lowest BCUT2D eigenvalue weighted by Crippen LogP contribution is -2.49. The minimum absolute atomic E-state index is 0.00244. The number of nitrogens with zero attached hydrogens (tertiary/aromatic N) is 1. The van der Waals surface area contributed by atoms with E-state index in [9.17, 15) is 9.59 Å². The Labute approximate surface area is 193 Å². The Hall–Kier alpha value is -3.60. The van der Waals surface area contributed by atoms with Gasteiger partial charge in [0, 0.05) is 18.4 Å². The predicted octanol–water partition coefficient (Wildman–Crippen LogP) is 4.21. The van der Waals surface area contributed by atoms with E-state index in [4.69, 9.17) is 4.74 Å². The molecule has 4 aliphatic rings. The van der Waals surface area contributed by atoms with E-state index in [2.05, 4.69) is 53.8 Å². The van der Waals surface area contributed by atoms with Gasteiger partial charge in [-0.25, -0.2) is 0 Å². The van der Waals surface area contributed by atoms with Crippen molar-refractivity contribution in [3.05, 3.63) is 95.1 Å². The fourth-order valence-corrected chi connectivity index (χ4v) is 5.93. The van der Waals surface area contributed by atoms with Crippen LogP contribution in [0.1, 0.15) is 47.4 Å². The first kappa shape index (κ1) is 20.0. The summed E-state index contributed by atoms with van der Waals surface area (Å²) in [4.78, 5) is 27.2. The number of carbonyl (C=O) groups is 2. The van der Waals surface area contributed by atoms with Gasteiger partial charge in [-0.3, -0.25) is 14.5 Å². The summed E-state index contributed by atoms with van der Waals surface area (Å²) in [6.07, 6.45) is 0.421. The summed E-state index contributed by atoms with van der Waals surface area (Å²) in [5.41, 5.74) is 6.27. The van der Waals surface area contributed by atoms with Crippen molar-refractivity contribution < 1.29 is 14.3 Å². The van der Waals surface area contributed by atoms with Gasteiger partial charge in [-0.1, -0.05) is 60.7 Å². The molecule has 1 N–H and O–H groups in total. The van der Waals surface area contributed by atoms with E-state index in [1.54, 1.807) is 6.92 Å². The van der Waals surface area contributed by atoms with Crippen molar-refractivity contribution >= 4 is 17.5 Å². The monoisotopic (exact) mass is 438 g/mol. The van der Waals surface area contributed by atoms with Gasteiger partial charge in [0.1, 0.15) is 12.3 Å². The SMILES string of the molecule is C[C@@H]1Oc2ccccc2N(CC(=O)NC[C@@H]2CC3c4ccccc4C2c2ccccc23)C1=O. The maximum atomic E-state index is 13.0. The fraction of sp³-hybridized carbons (Fsp3) is 0.286. The topological polar surface area (TPSA) is 58.6 Å². The van der Waals surface area contributed by atoms with Crippen molar-refractivity contribution in [2.45, 2.75) is 31.3 Å². The van der Waals surface area contributed by atoms with Gasteiger partial charge in [0.15, 0.2) is 6.10 Å². The standard InChI is InChI=1S/C28H26N2O3/c1-17-28(32)30(24-12-6-7-13-25(24)33-17)16-26(31)29-15-18-14-23-19-8-2-4-10-21(19)27(18)22-11-5-3-9-20(22)23/h2-13,17-18,23,27H,14-16H2,1H3,(H,29,31)/t17-,18-,23?,27?/m0/s1. The summed E-state index contributed by atoms with van der Waals surface area (Å²) in [5.74, 6) is 1.29. The molecule has 0 saturated heterocycles. The fourth-order valence-electron chi connectivity index (χ4n) is 5.93. The molecule has 1 aliphatic heterocycles. The van der Waals surface area contributed by atoms with Crippen LogP contribution in [0.3, 0.4) is 0 Å². The number of ether oxygens (including phenoxy) is 1. The van der Waals surface area contributed by atoms with Crippen molar-refractivity contribution in [1.82, 2.24) is 5.32 Å². The summed E-state index contributed by atoms with van der Waals surface area (Å²) in [7, 11) is 0. The first-order valence-electron chi connectivity index (χ1n) is 11.6. The van der Waals surface area contributed by atoms with Crippen LogP contribution in [0, 0.1) is 5.92 Å². The summed E-state index contributed by atoms with van der Waals surface area (Å²) in [6, 6.07) is 24.8. The van der Waals surface area contributed by atoms with Gasteiger partial charge in [-0.15, -0.1) is 0 Å². The van der Waals surface area contributed by atoms with Crippen LogP contribution in [-0.4, -0.2) is 31.0 Å². The maximum absolute atomic E-state index is 13.0. The second-order valence-electron chi connectivity index (χ2n) is 9.24. The van der Waals surface area contributed by atoms with Gasteiger partial charge < -0.3 is 10.1 Å². The second kappa shape index (κ2) is 7.77. The van der Waals surface area contributed by atoms with E-state index in [1.807, 2.05) is 24.3 Å². The van der Waals surface area contributed by atoms with Crippen molar-refractivity contribution in [3.8, 4) is 5.75 Å². The summed E-state index contributed by atoms with van der Waals surface area (Å²) in [5, 5.41) is 3.14. The molecule has 0 aromatic heterocycles. The highest BCUT2D eigenvalue weighted by atomic mass is 16.5. The molecule has 2 bridgehead atoms. The Bertz CT molecular complexity index is 1210. The Morgan fingerprint density at radius 1 is 0.939 bits per heavy atom. The number of hydrogen-bond acceptors (Lipinski definition) is 3. The lowest BCUT2D eigenvalue weighted by Gasteiger charge is -2.45. The first-order chi connectivity index (χ1) is 16.1. The molecule has 0 unspecified atom stereocenters. The van der Waals surface area contributed by atoms with Gasteiger partial charge in [-0.05, 0) is 53.6 Å². The van der Waals surface area contributed by atoms with Gasteiger partial charge >= 0.3 is 0 Å². The average Bonchev–Trinajstić information content (AvgIpc) is 2.85. The van der Waals surface area contributed by atoms with Crippen molar-refractivity contribution in [2.24, 2.45) is 5.92 Å². The van der Waals surface area contributed by atoms with Gasteiger partial charge in [-0.2, -0.15) is 0 Å². The Balaban J connectivity index is 1.20. The number of para-hydroxylation sites is 2. The molecule has 0 saturated carbocycles. The zero-order valence-corrected chi connectivity index (χ0v) is 18.5. The highest BCUT2D eigenvalue weighted by molar-refractivity contribution is 6.03. The number of hydrogen-bond donors (Lipinski definition) is 1. The number of nitrogens with one attached hydrogen (secondary N) is 1. The minimum atomic E-state index is -0.602.